The summed E-state index contributed by atoms with van der Waals surface area (Å²) < 4.78 is 1.28. The summed E-state index contributed by atoms with van der Waals surface area (Å²) in [5, 5.41) is 4.13. The molecule has 1 heterocycles. The van der Waals surface area contributed by atoms with Gasteiger partial charge in [-0.3, -0.25) is 4.79 Å². The Kier molecular flexibility index (Phi) is 2.97. The van der Waals surface area contributed by atoms with Gasteiger partial charge >= 0.3 is 0 Å². The van der Waals surface area contributed by atoms with Crippen LogP contribution in [0.3, 0.4) is 0 Å². The Bertz CT molecular complexity index is 542. The quantitative estimate of drug-likeness (QED) is 0.838. The van der Waals surface area contributed by atoms with Crippen molar-refractivity contribution in [3.8, 4) is 0 Å². The van der Waals surface area contributed by atoms with Crippen molar-refractivity contribution < 1.29 is 4.79 Å². The van der Waals surface area contributed by atoms with Gasteiger partial charge in [-0.15, -0.1) is 11.3 Å². The lowest BCUT2D eigenvalue weighted by Crippen LogP contribution is -2.08. The summed E-state index contributed by atoms with van der Waals surface area (Å²) in [4.78, 5) is 12.6. The van der Waals surface area contributed by atoms with Crippen LogP contribution in [0.25, 0.3) is 10.1 Å². The van der Waals surface area contributed by atoms with E-state index in [4.69, 9.17) is 0 Å². The van der Waals surface area contributed by atoms with Gasteiger partial charge in [-0.2, -0.15) is 0 Å². The normalized spacial score (nSPS) is 10.7. The molecule has 0 aliphatic heterocycles. The molecule has 2 rings (SSSR count). The number of thiophene rings is 1. The Labute approximate surface area is 99.3 Å². The minimum atomic E-state index is 0.0592. The second kappa shape index (κ2) is 4.26. The topological polar surface area (TPSA) is 29.1 Å². The number of fused-ring (bicyclic) bond motifs is 1. The number of aryl methyl sites for hydroxylation is 2. The number of anilines is 1. The fraction of sp³-hybridized carbons (Fsp3) is 0.308. The van der Waals surface area contributed by atoms with E-state index in [0.717, 1.165) is 5.69 Å². The predicted molar refractivity (Wildman–Crippen MR) is 70.2 cm³/mol. The number of carbonyl (C=O) groups excluding carboxylic acids is 1. The molecule has 0 bridgehead atoms. The highest BCUT2D eigenvalue weighted by Gasteiger charge is 2.06. The van der Waals surface area contributed by atoms with Gasteiger partial charge in [0.1, 0.15) is 0 Å². The van der Waals surface area contributed by atoms with Crippen LogP contribution >= 0.6 is 11.3 Å². The lowest BCUT2D eigenvalue weighted by atomic mass is 10.1. The Hall–Kier alpha value is -1.35. The molecule has 0 spiro atoms. The zero-order valence-electron chi connectivity index (χ0n) is 9.76. The summed E-state index contributed by atoms with van der Waals surface area (Å²) in [5.74, 6) is 0.0592. The van der Waals surface area contributed by atoms with Crippen LogP contribution in [0.1, 0.15) is 23.8 Å². The van der Waals surface area contributed by atoms with Gasteiger partial charge < -0.3 is 5.32 Å². The number of benzene rings is 1. The largest absolute Gasteiger partial charge is 0.326 e. The molecule has 0 saturated heterocycles. The second-order valence-corrected chi connectivity index (χ2v) is 5.15. The van der Waals surface area contributed by atoms with E-state index in [0.29, 0.717) is 6.42 Å². The van der Waals surface area contributed by atoms with Crippen molar-refractivity contribution in [2.24, 2.45) is 0 Å². The first kappa shape index (κ1) is 11.1. The van der Waals surface area contributed by atoms with Crippen LogP contribution in [0.4, 0.5) is 5.69 Å². The van der Waals surface area contributed by atoms with Gasteiger partial charge in [-0.25, -0.2) is 0 Å². The average molecular weight is 233 g/mol. The Morgan fingerprint density at radius 3 is 2.81 bits per heavy atom. The summed E-state index contributed by atoms with van der Waals surface area (Å²) in [5.41, 5.74) is 2.20. The second-order valence-electron chi connectivity index (χ2n) is 3.90. The van der Waals surface area contributed by atoms with Gasteiger partial charge in [-0.1, -0.05) is 6.92 Å². The smallest absolute Gasteiger partial charge is 0.224 e. The maximum absolute atomic E-state index is 11.3. The number of nitrogens with one attached hydrogen (secondary N) is 1. The van der Waals surface area contributed by atoms with Crippen molar-refractivity contribution in [2.45, 2.75) is 27.2 Å². The molecule has 0 aliphatic carbocycles. The summed E-state index contributed by atoms with van der Waals surface area (Å²) >= 11 is 1.80. The average Bonchev–Trinajstić information content (AvgIpc) is 2.55. The van der Waals surface area contributed by atoms with Crippen LogP contribution in [0.5, 0.6) is 0 Å². The predicted octanol–water partition coefficient (Wildman–Crippen LogP) is 3.87. The van der Waals surface area contributed by atoms with Gasteiger partial charge in [0.25, 0.3) is 0 Å². The Morgan fingerprint density at radius 1 is 1.38 bits per heavy atom. The third-order valence-corrected chi connectivity index (χ3v) is 3.97. The molecule has 3 heteroatoms. The third kappa shape index (κ3) is 1.95. The molecule has 0 fully saturated rings. The SMILES string of the molecule is CCC(=O)Nc1ccc2sc(C)c(C)c2c1. The van der Waals surface area contributed by atoms with E-state index in [9.17, 15) is 4.79 Å². The van der Waals surface area contributed by atoms with Crippen molar-refractivity contribution >= 4 is 33.0 Å². The van der Waals surface area contributed by atoms with Crippen LogP contribution in [0.15, 0.2) is 18.2 Å². The molecule has 1 amide bonds. The van der Waals surface area contributed by atoms with Gasteiger partial charge in [-0.05, 0) is 43.0 Å². The van der Waals surface area contributed by atoms with Crippen molar-refractivity contribution in [1.29, 1.82) is 0 Å². The number of hydrogen-bond acceptors (Lipinski definition) is 2. The van der Waals surface area contributed by atoms with E-state index < -0.39 is 0 Å². The molecular weight excluding hydrogens is 218 g/mol. The van der Waals surface area contributed by atoms with Gasteiger partial charge in [0, 0.05) is 21.7 Å². The molecular formula is C13H15NOS. The summed E-state index contributed by atoms with van der Waals surface area (Å²) in [6, 6.07) is 6.10. The highest BCUT2D eigenvalue weighted by Crippen LogP contribution is 2.31. The molecule has 0 radical (unpaired) electrons. The van der Waals surface area contributed by atoms with Crippen LogP contribution in [0, 0.1) is 13.8 Å². The van der Waals surface area contributed by atoms with Crippen molar-refractivity contribution in [3.05, 3.63) is 28.6 Å². The summed E-state index contributed by atoms with van der Waals surface area (Å²) in [7, 11) is 0. The van der Waals surface area contributed by atoms with E-state index in [1.54, 1.807) is 11.3 Å². The summed E-state index contributed by atoms with van der Waals surface area (Å²) in [6.45, 7) is 6.11. The minimum absolute atomic E-state index is 0.0592. The van der Waals surface area contributed by atoms with Crippen molar-refractivity contribution in [2.75, 3.05) is 5.32 Å². The van der Waals surface area contributed by atoms with E-state index in [2.05, 4.69) is 31.3 Å². The first-order chi connectivity index (χ1) is 7.61. The van der Waals surface area contributed by atoms with Crippen LogP contribution in [0.2, 0.25) is 0 Å². The molecule has 1 aromatic carbocycles. The molecule has 0 aliphatic rings. The first-order valence-corrected chi connectivity index (χ1v) is 6.23. The van der Waals surface area contributed by atoms with E-state index >= 15 is 0 Å². The lowest BCUT2D eigenvalue weighted by Gasteiger charge is -2.03. The Morgan fingerprint density at radius 2 is 2.12 bits per heavy atom. The molecule has 84 valence electrons. The molecule has 2 aromatic rings. The molecule has 2 nitrogen and oxygen atoms in total. The van der Waals surface area contributed by atoms with E-state index in [1.807, 2.05) is 13.0 Å². The molecule has 0 unspecified atom stereocenters. The molecule has 0 atom stereocenters. The monoisotopic (exact) mass is 233 g/mol. The van der Waals surface area contributed by atoms with Gasteiger partial charge in [0.15, 0.2) is 0 Å². The maximum Gasteiger partial charge on any atom is 0.224 e. The summed E-state index contributed by atoms with van der Waals surface area (Å²) in [6.07, 6.45) is 0.514. The minimum Gasteiger partial charge on any atom is -0.326 e. The van der Waals surface area contributed by atoms with Crippen molar-refractivity contribution in [3.63, 3.8) is 0 Å². The highest BCUT2D eigenvalue weighted by molar-refractivity contribution is 7.19. The first-order valence-electron chi connectivity index (χ1n) is 5.41. The fourth-order valence-corrected chi connectivity index (χ4v) is 2.72. The number of amides is 1. The van der Waals surface area contributed by atoms with Crippen LogP contribution in [-0.4, -0.2) is 5.91 Å². The fourth-order valence-electron chi connectivity index (χ4n) is 1.67. The van der Waals surface area contributed by atoms with Gasteiger partial charge in [0.05, 0.1) is 0 Å². The van der Waals surface area contributed by atoms with E-state index in [1.165, 1.54) is 20.5 Å². The molecule has 0 saturated carbocycles. The number of carbonyl (C=O) groups is 1. The third-order valence-electron chi connectivity index (χ3n) is 2.78. The maximum atomic E-state index is 11.3. The Balaban J connectivity index is 2.43. The lowest BCUT2D eigenvalue weighted by molar-refractivity contribution is -0.115. The molecule has 1 N–H and O–H groups in total. The van der Waals surface area contributed by atoms with Crippen molar-refractivity contribution in [1.82, 2.24) is 0 Å². The highest BCUT2D eigenvalue weighted by atomic mass is 32.1. The molecule has 16 heavy (non-hydrogen) atoms. The standard InChI is InChI=1S/C13H15NOS/c1-4-13(15)14-10-5-6-12-11(7-10)8(2)9(3)16-12/h5-7H,4H2,1-3H3,(H,14,15). The number of hydrogen-bond donors (Lipinski definition) is 1. The molecule has 1 aromatic heterocycles. The van der Waals surface area contributed by atoms with Crippen LogP contribution < -0.4 is 5.32 Å². The van der Waals surface area contributed by atoms with Gasteiger partial charge in [0.2, 0.25) is 5.91 Å². The zero-order chi connectivity index (χ0) is 11.7. The zero-order valence-corrected chi connectivity index (χ0v) is 10.6. The number of rotatable bonds is 2. The van der Waals surface area contributed by atoms with E-state index in [-0.39, 0.29) is 5.91 Å². The van der Waals surface area contributed by atoms with Crippen LogP contribution in [-0.2, 0) is 4.79 Å².